The predicted molar refractivity (Wildman–Crippen MR) is 67.8 cm³/mol. The van der Waals surface area contributed by atoms with Crippen molar-refractivity contribution in [3.8, 4) is 0 Å². The Morgan fingerprint density at radius 2 is 2.11 bits per heavy atom. The molecule has 1 aromatic rings. The van der Waals surface area contributed by atoms with Gasteiger partial charge in [0.2, 0.25) is 15.6 Å². The molecule has 7 heteroatoms. The summed E-state index contributed by atoms with van der Waals surface area (Å²) in [7, 11) is -3.70. The molecule has 6 nitrogen and oxygen atoms in total. The fourth-order valence-corrected chi connectivity index (χ4v) is 2.97. The van der Waals surface area contributed by atoms with Crippen LogP contribution in [0, 0.1) is 0 Å². The molecule has 1 rings (SSSR count). The number of aromatic amines is 1. The van der Waals surface area contributed by atoms with Crippen molar-refractivity contribution in [2.75, 3.05) is 6.61 Å². The molecule has 1 unspecified atom stereocenters. The van der Waals surface area contributed by atoms with E-state index in [1.807, 2.05) is 6.92 Å². The molecule has 0 fully saturated rings. The number of hydrogen-bond donors (Lipinski definition) is 3. The van der Waals surface area contributed by atoms with Crippen LogP contribution in [0.2, 0.25) is 0 Å². The van der Waals surface area contributed by atoms with Crippen LogP contribution >= 0.6 is 0 Å². The van der Waals surface area contributed by atoms with E-state index in [1.54, 1.807) is 6.92 Å². The van der Waals surface area contributed by atoms with Crippen molar-refractivity contribution in [2.24, 2.45) is 0 Å². The number of H-pyrrole nitrogens is 1. The van der Waals surface area contributed by atoms with E-state index in [9.17, 15) is 13.2 Å². The number of aliphatic hydroxyl groups excluding tert-OH is 1. The van der Waals surface area contributed by atoms with Gasteiger partial charge in [0.15, 0.2) is 0 Å². The summed E-state index contributed by atoms with van der Waals surface area (Å²) in [5.41, 5.74) is -1.06. The maximum atomic E-state index is 12.1. The van der Waals surface area contributed by atoms with Crippen molar-refractivity contribution in [1.82, 2.24) is 9.71 Å². The van der Waals surface area contributed by atoms with Gasteiger partial charge in [-0.1, -0.05) is 6.92 Å². The van der Waals surface area contributed by atoms with E-state index >= 15 is 0 Å². The highest BCUT2D eigenvalue weighted by Crippen LogP contribution is 2.18. The molecule has 1 atom stereocenters. The van der Waals surface area contributed by atoms with Crippen LogP contribution in [0.4, 0.5) is 0 Å². The third kappa shape index (κ3) is 3.66. The number of hydrogen-bond acceptors (Lipinski definition) is 4. The Morgan fingerprint density at radius 1 is 1.44 bits per heavy atom. The average molecular weight is 274 g/mol. The number of rotatable bonds is 6. The zero-order valence-electron chi connectivity index (χ0n) is 10.4. The summed E-state index contributed by atoms with van der Waals surface area (Å²) in [4.78, 5) is 13.2. The monoisotopic (exact) mass is 274 g/mol. The molecule has 0 radical (unpaired) electrons. The Bertz CT molecular complexity index is 532. The summed E-state index contributed by atoms with van der Waals surface area (Å²) >= 11 is 0. The fraction of sp³-hybridized carbons (Fsp3) is 0.545. The van der Waals surface area contributed by atoms with Gasteiger partial charge in [-0.3, -0.25) is 4.79 Å². The third-order valence-electron chi connectivity index (χ3n) is 2.89. The van der Waals surface area contributed by atoms with Crippen molar-refractivity contribution in [1.29, 1.82) is 0 Å². The highest BCUT2D eigenvalue weighted by molar-refractivity contribution is 7.89. The molecule has 0 aromatic carbocycles. The standard InChI is InChI=1S/C11H18N2O4S/c1-3-11(2,6-7-14)13-18(16,17)9-4-5-10(15)12-8-9/h4-5,8,13-14H,3,6-7H2,1-2H3,(H,12,15). The minimum Gasteiger partial charge on any atom is -0.396 e. The number of pyridine rings is 1. The van der Waals surface area contributed by atoms with E-state index in [0.29, 0.717) is 12.8 Å². The Kier molecular flexibility index (Phi) is 4.66. The third-order valence-corrected chi connectivity index (χ3v) is 4.53. The van der Waals surface area contributed by atoms with Gasteiger partial charge in [0.25, 0.3) is 0 Å². The van der Waals surface area contributed by atoms with Crippen molar-refractivity contribution in [3.05, 3.63) is 28.7 Å². The highest BCUT2D eigenvalue weighted by atomic mass is 32.2. The lowest BCUT2D eigenvalue weighted by atomic mass is 9.97. The van der Waals surface area contributed by atoms with Crippen LogP contribution in [0.3, 0.4) is 0 Å². The molecule has 0 saturated carbocycles. The van der Waals surface area contributed by atoms with Gasteiger partial charge >= 0.3 is 0 Å². The Morgan fingerprint density at radius 3 is 2.56 bits per heavy atom. The van der Waals surface area contributed by atoms with Crippen molar-refractivity contribution in [3.63, 3.8) is 0 Å². The van der Waals surface area contributed by atoms with Gasteiger partial charge in [0, 0.05) is 24.4 Å². The maximum absolute atomic E-state index is 12.1. The fourth-order valence-electron chi connectivity index (χ4n) is 1.49. The molecule has 1 heterocycles. The molecule has 18 heavy (non-hydrogen) atoms. The van der Waals surface area contributed by atoms with Gasteiger partial charge in [0.1, 0.15) is 0 Å². The Balaban J connectivity index is 3.01. The molecule has 0 amide bonds. The van der Waals surface area contributed by atoms with Gasteiger partial charge in [-0.2, -0.15) is 0 Å². The summed E-state index contributed by atoms with van der Waals surface area (Å²) < 4.78 is 26.7. The molecule has 0 spiro atoms. The van der Waals surface area contributed by atoms with Crippen LogP contribution in [0.25, 0.3) is 0 Å². The second-order valence-electron chi connectivity index (χ2n) is 4.38. The van der Waals surface area contributed by atoms with Gasteiger partial charge in [0.05, 0.1) is 4.90 Å². The second-order valence-corrected chi connectivity index (χ2v) is 6.06. The number of sulfonamides is 1. The predicted octanol–water partition coefficient (Wildman–Crippen LogP) is 0.204. The summed E-state index contributed by atoms with van der Waals surface area (Å²) in [6, 6.07) is 2.40. The Labute approximate surface area is 106 Å². The number of nitrogens with one attached hydrogen (secondary N) is 2. The molecule has 102 valence electrons. The first-order chi connectivity index (χ1) is 8.33. The molecular weight excluding hydrogens is 256 g/mol. The first-order valence-corrected chi connectivity index (χ1v) is 7.15. The summed E-state index contributed by atoms with van der Waals surface area (Å²) in [5.74, 6) is 0. The van der Waals surface area contributed by atoms with Crippen LogP contribution in [0.1, 0.15) is 26.7 Å². The molecule has 0 aliphatic heterocycles. The quantitative estimate of drug-likeness (QED) is 0.690. The molecule has 3 N–H and O–H groups in total. The van der Waals surface area contributed by atoms with Gasteiger partial charge in [-0.05, 0) is 25.8 Å². The maximum Gasteiger partial charge on any atom is 0.247 e. The smallest absolute Gasteiger partial charge is 0.247 e. The number of aliphatic hydroxyl groups is 1. The number of aromatic nitrogens is 1. The van der Waals surface area contributed by atoms with E-state index in [1.165, 1.54) is 6.07 Å². The van der Waals surface area contributed by atoms with Crippen molar-refractivity contribution in [2.45, 2.75) is 37.1 Å². The van der Waals surface area contributed by atoms with Crippen LogP contribution in [0.5, 0.6) is 0 Å². The van der Waals surface area contributed by atoms with E-state index in [-0.39, 0.29) is 17.1 Å². The summed E-state index contributed by atoms with van der Waals surface area (Å²) in [5, 5.41) is 8.95. The zero-order chi connectivity index (χ0) is 13.8. The second kappa shape index (κ2) is 5.64. The lowest BCUT2D eigenvalue weighted by Crippen LogP contribution is -2.46. The molecule has 0 bridgehead atoms. The summed E-state index contributed by atoms with van der Waals surface area (Å²) in [6.45, 7) is 3.47. The average Bonchev–Trinajstić information content (AvgIpc) is 2.29. The van der Waals surface area contributed by atoms with Gasteiger partial charge in [-0.15, -0.1) is 0 Å². The van der Waals surface area contributed by atoms with Crippen LogP contribution in [-0.2, 0) is 10.0 Å². The lowest BCUT2D eigenvalue weighted by Gasteiger charge is -2.28. The molecular formula is C11H18N2O4S. The normalized spacial score (nSPS) is 15.3. The SMILES string of the molecule is CCC(C)(CCO)NS(=O)(=O)c1ccc(=O)[nH]c1. The molecule has 0 saturated heterocycles. The zero-order valence-corrected chi connectivity index (χ0v) is 11.3. The molecule has 0 aliphatic carbocycles. The van der Waals surface area contributed by atoms with E-state index < -0.39 is 15.6 Å². The van der Waals surface area contributed by atoms with Crippen LogP contribution in [-0.4, -0.2) is 30.7 Å². The van der Waals surface area contributed by atoms with Crippen molar-refractivity contribution >= 4 is 10.0 Å². The van der Waals surface area contributed by atoms with E-state index in [2.05, 4.69) is 9.71 Å². The minimum absolute atomic E-state index is 0.000264. The largest absolute Gasteiger partial charge is 0.396 e. The lowest BCUT2D eigenvalue weighted by molar-refractivity contribution is 0.233. The topological polar surface area (TPSA) is 99.3 Å². The molecule has 0 aliphatic rings. The van der Waals surface area contributed by atoms with Crippen LogP contribution in [0.15, 0.2) is 28.0 Å². The first kappa shape index (κ1) is 14.9. The highest BCUT2D eigenvalue weighted by Gasteiger charge is 2.28. The van der Waals surface area contributed by atoms with Gasteiger partial charge < -0.3 is 10.1 Å². The molecule has 1 aromatic heterocycles. The summed E-state index contributed by atoms with van der Waals surface area (Å²) in [6.07, 6.45) is 2.03. The van der Waals surface area contributed by atoms with E-state index in [4.69, 9.17) is 5.11 Å². The Hall–Kier alpha value is -1.18. The van der Waals surface area contributed by atoms with Gasteiger partial charge in [-0.25, -0.2) is 13.1 Å². The van der Waals surface area contributed by atoms with Crippen LogP contribution < -0.4 is 10.3 Å². The first-order valence-electron chi connectivity index (χ1n) is 5.66. The van der Waals surface area contributed by atoms with E-state index in [0.717, 1.165) is 12.3 Å². The minimum atomic E-state index is -3.70. The van der Waals surface area contributed by atoms with Crippen molar-refractivity contribution < 1.29 is 13.5 Å².